The normalized spacial score (nSPS) is 12.6. The number of guanidine groups is 1. The molecule has 1 aromatic carbocycles. The Hall–Kier alpha value is -1.91. The largest absolute Gasteiger partial charge is 0.493 e. The number of hydrogen-bond acceptors (Lipinski definition) is 3. The van der Waals surface area contributed by atoms with Crippen molar-refractivity contribution in [2.45, 2.75) is 53.0 Å². The SMILES string of the molecule is CCNC(=NCCCc1ccc(OC)c(OCC)c1)NC(C)CC. The molecule has 0 aromatic heterocycles. The number of benzene rings is 1. The van der Waals surface area contributed by atoms with Crippen LogP contribution in [0.1, 0.15) is 46.1 Å². The lowest BCUT2D eigenvalue weighted by Crippen LogP contribution is -2.42. The number of rotatable bonds is 10. The van der Waals surface area contributed by atoms with Gasteiger partial charge < -0.3 is 20.1 Å². The summed E-state index contributed by atoms with van der Waals surface area (Å²) in [6.45, 7) is 10.7. The van der Waals surface area contributed by atoms with Crippen molar-refractivity contribution in [3.05, 3.63) is 23.8 Å². The molecule has 0 amide bonds. The lowest BCUT2D eigenvalue weighted by Gasteiger charge is -2.16. The highest BCUT2D eigenvalue weighted by atomic mass is 16.5. The first-order valence-electron chi connectivity index (χ1n) is 8.99. The Morgan fingerprint density at radius 3 is 2.62 bits per heavy atom. The van der Waals surface area contributed by atoms with Crippen LogP contribution in [0.4, 0.5) is 0 Å². The number of aryl methyl sites for hydroxylation is 1. The van der Waals surface area contributed by atoms with Crippen LogP contribution >= 0.6 is 0 Å². The number of nitrogens with zero attached hydrogens (tertiary/aromatic N) is 1. The summed E-state index contributed by atoms with van der Waals surface area (Å²) in [5.41, 5.74) is 1.24. The van der Waals surface area contributed by atoms with E-state index in [2.05, 4.69) is 48.5 Å². The van der Waals surface area contributed by atoms with Crippen LogP contribution in [-0.4, -0.2) is 38.8 Å². The standard InChI is InChI=1S/C19H33N3O2/c1-6-15(4)22-19(20-7-2)21-13-9-10-16-11-12-17(23-5)18(14-16)24-8-3/h11-12,14-15H,6-10,13H2,1-5H3,(H2,20,21,22). The number of nitrogens with one attached hydrogen (secondary N) is 2. The molecule has 1 rings (SSSR count). The van der Waals surface area contributed by atoms with Gasteiger partial charge in [0.25, 0.3) is 0 Å². The highest BCUT2D eigenvalue weighted by molar-refractivity contribution is 5.80. The molecular weight excluding hydrogens is 302 g/mol. The predicted molar refractivity (Wildman–Crippen MR) is 101 cm³/mol. The molecule has 24 heavy (non-hydrogen) atoms. The quantitative estimate of drug-likeness (QED) is 0.391. The van der Waals surface area contributed by atoms with Crippen LogP contribution in [0.3, 0.4) is 0 Å². The first-order valence-corrected chi connectivity index (χ1v) is 8.99. The van der Waals surface area contributed by atoms with E-state index in [1.165, 1.54) is 5.56 Å². The first-order chi connectivity index (χ1) is 11.6. The number of ether oxygens (including phenoxy) is 2. The van der Waals surface area contributed by atoms with Crippen molar-refractivity contribution in [3.63, 3.8) is 0 Å². The Kier molecular flexibility index (Phi) is 9.73. The van der Waals surface area contributed by atoms with Gasteiger partial charge in [0, 0.05) is 19.1 Å². The van der Waals surface area contributed by atoms with Crippen molar-refractivity contribution in [2.24, 2.45) is 4.99 Å². The fourth-order valence-electron chi connectivity index (χ4n) is 2.27. The van der Waals surface area contributed by atoms with Gasteiger partial charge in [-0.2, -0.15) is 0 Å². The van der Waals surface area contributed by atoms with Gasteiger partial charge in [-0.25, -0.2) is 0 Å². The molecule has 0 aliphatic rings. The van der Waals surface area contributed by atoms with E-state index in [1.807, 2.05) is 13.0 Å². The van der Waals surface area contributed by atoms with E-state index in [-0.39, 0.29) is 0 Å². The molecule has 2 N–H and O–H groups in total. The second kappa shape index (κ2) is 11.6. The van der Waals surface area contributed by atoms with Crippen molar-refractivity contribution < 1.29 is 9.47 Å². The molecule has 0 aliphatic carbocycles. The zero-order valence-electron chi connectivity index (χ0n) is 15.8. The summed E-state index contributed by atoms with van der Waals surface area (Å²) < 4.78 is 10.9. The highest BCUT2D eigenvalue weighted by Crippen LogP contribution is 2.28. The fourth-order valence-corrected chi connectivity index (χ4v) is 2.27. The minimum Gasteiger partial charge on any atom is -0.493 e. The van der Waals surface area contributed by atoms with E-state index < -0.39 is 0 Å². The minimum absolute atomic E-state index is 0.429. The molecule has 5 heteroatoms. The third kappa shape index (κ3) is 7.11. The Morgan fingerprint density at radius 2 is 2.00 bits per heavy atom. The Labute approximate surface area is 146 Å². The van der Waals surface area contributed by atoms with E-state index in [1.54, 1.807) is 7.11 Å². The third-order valence-corrected chi connectivity index (χ3v) is 3.76. The summed E-state index contributed by atoms with van der Waals surface area (Å²) in [5, 5.41) is 6.70. The maximum atomic E-state index is 5.63. The van der Waals surface area contributed by atoms with Gasteiger partial charge in [-0.05, 0) is 57.7 Å². The molecule has 136 valence electrons. The Bertz CT molecular complexity index is 503. The first kappa shape index (κ1) is 20.1. The molecular formula is C19H33N3O2. The molecule has 0 heterocycles. The van der Waals surface area contributed by atoms with Crippen LogP contribution in [0.5, 0.6) is 11.5 Å². The van der Waals surface area contributed by atoms with Gasteiger partial charge in [0.15, 0.2) is 17.5 Å². The summed E-state index contributed by atoms with van der Waals surface area (Å²) in [4.78, 5) is 4.65. The van der Waals surface area contributed by atoms with E-state index in [4.69, 9.17) is 9.47 Å². The van der Waals surface area contributed by atoms with Crippen LogP contribution in [0.15, 0.2) is 23.2 Å². The highest BCUT2D eigenvalue weighted by Gasteiger charge is 2.06. The van der Waals surface area contributed by atoms with Crippen molar-refractivity contribution in [1.82, 2.24) is 10.6 Å². The van der Waals surface area contributed by atoms with E-state index >= 15 is 0 Å². The zero-order valence-corrected chi connectivity index (χ0v) is 15.8. The topological polar surface area (TPSA) is 54.9 Å². The molecule has 5 nitrogen and oxygen atoms in total. The molecule has 1 atom stereocenters. The van der Waals surface area contributed by atoms with Gasteiger partial charge in [-0.1, -0.05) is 13.0 Å². The predicted octanol–water partition coefficient (Wildman–Crippen LogP) is 3.38. The third-order valence-electron chi connectivity index (χ3n) is 3.76. The van der Waals surface area contributed by atoms with E-state index in [9.17, 15) is 0 Å². The van der Waals surface area contributed by atoms with Gasteiger partial charge in [0.05, 0.1) is 13.7 Å². The second-order valence-corrected chi connectivity index (χ2v) is 5.74. The minimum atomic E-state index is 0.429. The van der Waals surface area contributed by atoms with Gasteiger partial charge >= 0.3 is 0 Å². The van der Waals surface area contributed by atoms with Crippen LogP contribution in [0, 0.1) is 0 Å². The van der Waals surface area contributed by atoms with Crippen molar-refractivity contribution >= 4 is 5.96 Å². The lowest BCUT2D eigenvalue weighted by molar-refractivity contribution is 0.310. The zero-order chi connectivity index (χ0) is 17.8. The van der Waals surface area contributed by atoms with Crippen LogP contribution in [0.2, 0.25) is 0 Å². The lowest BCUT2D eigenvalue weighted by atomic mass is 10.1. The number of methoxy groups -OCH3 is 1. The van der Waals surface area contributed by atoms with Gasteiger partial charge in [0.2, 0.25) is 0 Å². The molecule has 0 bridgehead atoms. The number of aliphatic imine (C=N–C) groups is 1. The van der Waals surface area contributed by atoms with E-state index in [0.29, 0.717) is 12.6 Å². The summed E-state index contributed by atoms with van der Waals surface area (Å²) in [6.07, 6.45) is 3.04. The molecule has 0 spiro atoms. The van der Waals surface area contributed by atoms with Gasteiger partial charge in [-0.3, -0.25) is 4.99 Å². The summed E-state index contributed by atoms with van der Waals surface area (Å²) in [6, 6.07) is 6.55. The van der Waals surface area contributed by atoms with Crippen molar-refractivity contribution in [2.75, 3.05) is 26.8 Å². The summed E-state index contributed by atoms with van der Waals surface area (Å²) in [5.74, 6) is 2.50. The van der Waals surface area contributed by atoms with Crippen LogP contribution in [0.25, 0.3) is 0 Å². The van der Waals surface area contributed by atoms with Crippen LogP contribution < -0.4 is 20.1 Å². The maximum Gasteiger partial charge on any atom is 0.191 e. The average Bonchev–Trinajstić information content (AvgIpc) is 2.59. The molecule has 0 saturated heterocycles. The maximum absolute atomic E-state index is 5.63. The molecule has 0 aliphatic heterocycles. The molecule has 0 radical (unpaired) electrons. The summed E-state index contributed by atoms with van der Waals surface area (Å²) in [7, 11) is 1.67. The van der Waals surface area contributed by atoms with Crippen molar-refractivity contribution in [1.29, 1.82) is 0 Å². The number of hydrogen-bond donors (Lipinski definition) is 2. The summed E-state index contributed by atoms with van der Waals surface area (Å²) >= 11 is 0. The Balaban J connectivity index is 2.55. The average molecular weight is 335 g/mol. The van der Waals surface area contributed by atoms with Crippen molar-refractivity contribution in [3.8, 4) is 11.5 Å². The molecule has 0 saturated carbocycles. The van der Waals surface area contributed by atoms with Crippen LogP contribution in [-0.2, 0) is 6.42 Å². The smallest absolute Gasteiger partial charge is 0.191 e. The van der Waals surface area contributed by atoms with E-state index in [0.717, 1.165) is 49.8 Å². The second-order valence-electron chi connectivity index (χ2n) is 5.74. The van der Waals surface area contributed by atoms with Gasteiger partial charge in [-0.15, -0.1) is 0 Å². The molecule has 0 fully saturated rings. The fraction of sp³-hybridized carbons (Fsp3) is 0.632. The van der Waals surface area contributed by atoms with Gasteiger partial charge in [0.1, 0.15) is 0 Å². The monoisotopic (exact) mass is 335 g/mol. The molecule has 1 unspecified atom stereocenters. The Morgan fingerprint density at radius 1 is 1.21 bits per heavy atom. The molecule has 1 aromatic rings.